The van der Waals surface area contributed by atoms with E-state index in [1.807, 2.05) is 0 Å². The van der Waals surface area contributed by atoms with Gasteiger partial charge in [0.05, 0.1) is 10.8 Å². The third kappa shape index (κ3) is 3.91. The number of sulfone groups is 1. The quantitative estimate of drug-likeness (QED) is 0.618. The van der Waals surface area contributed by atoms with E-state index in [1.54, 1.807) is 0 Å². The van der Waals surface area contributed by atoms with Gasteiger partial charge in [0.25, 0.3) is 0 Å². The largest absolute Gasteiger partial charge is 0.481 e. The molecule has 1 unspecified atom stereocenters. The number of carboxylic acids is 1. The first kappa shape index (κ1) is 16.9. The van der Waals surface area contributed by atoms with Crippen molar-refractivity contribution in [1.29, 1.82) is 0 Å². The summed E-state index contributed by atoms with van der Waals surface area (Å²) in [6, 6.07) is 3.94. The van der Waals surface area contributed by atoms with E-state index in [0.717, 1.165) is 12.3 Å². The molecule has 0 saturated heterocycles. The highest BCUT2D eigenvalue weighted by Gasteiger charge is 2.28. The molecule has 0 bridgehead atoms. The Bertz CT molecular complexity index is 670. The minimum atomic E-state index is -3.76. The van der Waals surface area contributed by atoms with Gasteiger partial charge < -0.3 is 10.0 Å². The minimum absolute atomic E-state index is 0.0173. The van der Waals surface area contributed by atoms with E-state index in [-0.39, 0.29) is 17.1 Å². The summed E-state index contributed by atoms with van der Waals surface area (Å²) in [6.07, 6.45) is 0.888. The molecule has 1 aromatic carbocycles. The average Bonchev–Trinajstić information content (AvgIpc) is 2.36. The lowest BCUT2D eigenvalue weighted by Crippen LogP contribution is -2.29. The molecule has 0 aliphatic rings. The number of nitrogens with zero attached hydrogens (tertiary/aromatic N) is 2. The van der Waals surface area contributed by atoms with Gasteiger partial charge in [0, 0.05) is 19.8 Å². The fraction of sp³-hybridized carbons (Fsp3) is 0.417. The Morgan fingerprint density at radius 3 is 2.48 bits per heavy atom. The molecule has 1 aromatic rings. The van der Waals surface area contributed by atoms with Gasteiger partial charge in [0.2, 0.25) is 0 Å². The number of para-hydroxylation sites is 1. The lowest BCUT2D eigenvalue weighted by atomic mass is 10.1. The fourth-order valence-corrected chi connectivity index (χ4v) is 2.74. The van der Waals surface area contributed by atoms with Crippen LogP contribution in [0.25, 0.3) is 0 Å². The van der Waals surface area contributed by atoms with E-state index in [9.17, 15) is 23.3 Å². The normalized spacial score (nSPS) is 12.7. The van der Waals surface area contributed by atoms with Gasteiger partial charge in [-0.15, -0.1) is 0 Å². The standard InChI is InChI=1S/C12H16N2O6S/c1-8(12(15)16)7-13(2)9-5-4-6-10(21(3,19)20)11(9)14(17)18/h4-6,8H,7H2,1-3H3,(H,15,16). The first-order valence-corrected chi connectivity index (χ1v) is 7.86. The highest BCUT2D eigenvalue weighted by Crippen LogP contribution is 2.34. The van der Waals surface area contributed by atoms with E-state index in [4.69, 9.17) is 5.11 Å². The zero-order valence-electron chi connectivity index (χ0n) is 11.8. The summed E-state index contributed by atoms with van der Waals surface area (Å²) in [6.45, 7) is 1.48. The van der Waals surface area contributed by atoms with Crippen LogP contribution >= 0.6 is 0 Å². The maximum Gasteiger partial charge on any atom is 0.311 e. The first-order valence-electron chi connectivity index (χ1n) is 5.97. The second kappa shape index (κ2) is 6.08. The minimum Gasteiger partial charge on any atom is -0.481 e. The zero-order valence-corrected chi connectivity index (χ0v) is 12.6. The average molecular weight is 316 g/mol. The molecule has 1 atom stereocenters. The van der Waals surface area contributed by atoms with Gasteiger partial charge in [0.1, 0.15) is 10.6 Å². The van der Waals surface area contributed by atoms with Gasteiger partial charge in [0.15, 0.2) is 9.84 Å². The van der Waals surface area contributed by atoms with Crippen molar-refractivity contribution in [2.45, 2.75) is 11.8 Å². The van der Waals surface area contributed by atoms with Crippen molar-refractivity contribution < 1.29 is 23.2 Å². The molecule has 9 heteroatoms. The summed E-state index contributed by atoms with van der Waals surface area (Å²) in [4.78, 5) is 22.3. The van der Waals surface area contributed by atoms with E-state index < -0.39 is 32.3 Å². The highest BCUT2D eigenvalue weighted by molar-refractivity contribution is 7.90. The summed E-state index contributed by atoms with van der Waals surface area (Å²) in [7, 11) is -2.28. The lowest BCUT2D eigenvalue weighted by molar-refractivity contribution is -0.387. The summed E-state index contributed by atoms with van der Waals surface area (Å²) >= 11 is 0. The van der Waals surface area contributed by atoms with Crippen LogP contribution in [0.2, 0.25) is 0 Å². The molecule has 0 fully saturated rings. The number of carbonyl (C=O) groups is 1. The van der Waals surface area contributed by atoms with Crippen molar-refractivity contribution >= 4 is 27.2 Å². The van der Waals surface area contributed by atoms with Crippen LogP contribution in [0.15, 0.2) is 23.1 Å². The highest BCUT2D eigenvalue weighted by atomic mass is 32.2. The number of nitro groups is 1. The van der Waals surface area contributed by atoms with Crippen molar-refractivity contribution in [3.8, 4) is 0 Å². The summed E-state index contributed by atoms with van der Waals surface area (Å²) in [5, 5.41) is 20.1. The predicted molar refractivity (Wildman–Crippen MR) is 76.3 cm³/mol. The number of nitro benzene ring substituents is 1. The van der Waals surface area contributed by atoms with Crippen LogP contribution in [0.4, 0.5) is 11.4 Å². The Kier molecular flexibility index (Phi) is 4.89. The van der Waals surface area contributed by atoms with Gasteiger partial charge in [-0.25, -0.2) is 8.42 Å². The van der Waals surface area contributed by atoms with Crippen molar-refractivity contribution in [3.63, 3.8) is 0 Å². The van der Waals surface area contributed by atoms with E-state index in [1.165, 1.54) is 31.0 Å². The molecule has 0 amide bonds. The molecule has 0 saturated carbocycles. The molecular formula is C12H16N2O6S. The van der Waals surface area contributed by atoms with Crippen LogP contribution in [0.1, 0.15) is 6.92 Å². The van der Waals surface area contributed by atoms with Gasteiger partial charge in [-0.1, -0.05) is 13.0 Å². The summed E-state index contributed by atoms with van der Waals surface area (Å²) in [5.41, 5.74) is -0.476. The maximum atomic E-state index is 11.6. The number of hydrogen-bond acceptors (Lipinski definition) is 6. The summed E-state index contributed by atoms with van der Waals surface area (Å²) < 4.78 is 23.3. The van der Waals surface area contributed by atoms with E-state index >= 15 is 0 Å². The molecule has 0 radical (unpaired) electrons. The molecule has 1 rings (SSSR count). The van der Waals surface area contributed by atoms with Gasteiger partial charge in [-0.3, -0.25) is 14.9 Å². The molecule has 1 N–H and O–H groups in total. The summed E-state index contributed by atoms with van der Waals surface area (Å²) in [5.74, 6) is -1.79. The molecule has 21 heavy (non-hydrogen) atoms. The number of benzene rings is 1. The Labute approximate surface area is 122 Å². The number of hydrogen-bond donors (Lipinski definition) is 1. The molecule has 116 valence electrons. The van der Waals surface area contributed by atoms with Crippen LogP contribution in [-0.4, -0.2) is 44.3 Å². The Hall–Kier alpha value is -2.16. The number of anilines is 1. The monoisotopic (exact) mass is 316 g/mol. The number of carboxylic acid groups (broad SMARTS) is 1. The third-order valence-electron chi connectivity index (χ3n) is 2.94. The van der Waals surface area contributed by atoms with Crippen LogP contribution < -0.4 is 4.90 Å². The van der Waals surface area contributed by atoms with Crippen LogP contribution in [0, 0.1) is 16.0 Å². The smallest absolute Gasteiger partial charge is 0.311 e. The first-order chi connectivity index (χ1) is 9.55. The molecule has 0 aliphatic heterocycles. The van der Waals surface area contributed by atoms with Gasteiger partial charge in [-0.2, -0.15) is 0 Å². The molecule has 0 heterocycles. The number of rotatable bonds is 6. The molecule has 0 spiro atoms. The SMILES string of the molecule is CC(CN(C)c1cccc(S(C)(=O)=O)c1[N+](=O)[O-])C(=O)O. The second-order valence-electron chi connectivity index (χ2n) is 4.77. The predicted octanol–water partition coefficient (Wildman–Crippen LogP) is 1.16. The van der Waals surface area contributed by atoms with Crippen molar-refractivity contribution in [2.75, 3.05) is 24.7 Å². The Morgan fingerprint density at radius 2 is 2.05 bits per heavy atom. The number of aliphatic carboxylic acids is 1. The topological polar surface area (TPSA) is 118 Å². The van der Waals surface area contributed by atoms with Crippen molar-refractivity contribution in [3.05, 3.63) is 28.3 Å². The fourth-order valence-electron chi connectivity index (χ4n) is 1.89. The third-order valence-corrected chi connectivity index (χ3v) is 4.07. The second-order valence-corrected chi connectivity index (χ2v) is 6.76. The Balaban J connectivity index is 3.37. The van der Waals surface area contributed by atoms with Crippen LogP contribution in [0.5, 0.6) is 0 Å². The van der Waals surface area contributed by atoms with Crippen molar-refractivity contribution in [2.24, 2.45) is 5.92 Å². The van der Waals surface area contributed by atoms with Crippen LogP contribution in [-0.2, 0) is 14.6 Å². The molecular weight excluding hydrogens is 300 g/mol. The van der Waals surface area contributed by atoms with Crippen LogP contribution in [0.3, 0.4) is 0 Å². The zero-order chi connectivity index (χ0) is 16.4. The molecule has 8 nitrogen and oxygen atoms in total. The maximum absolute atomic E-state index is 11.6. The molecule has 0 aromatic heterocycles. The van der Waals surface area contributed by atoms with E-state index in [0.29, 0.717) is 0 Å². The Morgan fingerprint density at radius 1 is 1.48 bits per heavy atom. The lowest BCUT2D eigenvalue weighted by Gasteiger charge is -2.21. The van der Waals surface area contributed by atoms with Crippen molar-refractivity contribution in [1.82, 2.24) is 0 Å². The molecule has 0 aliphatic carbocycles. The van der Waals surface area contributed by atoms with Gasteiger partial charge in [-0.05, 0) is 12.1 Å². The van der Waals surface area contributed by atoms with E-state index in [2.05, 4.69) is 0 Å². The van der Waals surface area contributed by atoms with Gasteiger partial charge >= 0.3 is 11.7 Å².